The van der Waals surface area contributed by atoms with Crippen molar-refractivity contribution >= 4 is 11.8 Å². The summed E-state index contributed by atoms with van der Waals surface area (Å²) in [6.45, 7) is 3.13. The van der Waals surface area contributed by atoms with Crippen molar-refractivity contribution in [2.24, 2.45) is 0 Å². The van der Waals surface area contributed by atoms with Crippen LogP contribution >= 0.6 is 0 Å². The van der Waals surface area contributed by atoms with Crippen molar-refractivity contribution in [2.45, 2.75) is 18.6 Å². The molecule has 2 aliphatic rings. The Morgan fingerprint density at radius 3 is 2.53 bits per heavy atom. The van der Waals surface area contributed by atoms with Gasteiger partial charge in [0.15, 0.2) is 0 Å². The van der Waals surface area contributed by atoms with Gasteiger partial charge in [-0.2, -0.15) is 5.10 Å². The highest BCUT2D eigenvalue weighted by Gasteiger charge is 2.42. The molecule has 3 heterocycles. The largest absolute Gasteiger partial charge is 0.490 e. The van der Waals surface area contributed by atoms with Crippen molar-refractivity contribution in [3.63, 3.8) is 0 Å². The first kappa shape index (κ1) is 22.2. The molecule has 4 rings (SSSR count). The molecule has 0 spiro atoms. The highest BCUT2D eigenvalue weighted by molar-refractivity contribution is 5.78. The lowest BCUT2D eigenvalue weighted by Gasteiger charge is -2.43. The Bertz CT molecular complexity index is 902. The number of morpholine rings is 2. The molecule has 2 aromatic rings. The van der Waals surface area contributed by atoms with Crippen molar-refractivity contribution in [3.8, 4) is 5.75 Å². The molecule has 9 nitrogen and oxygen atoms in total. The van der Waals surface area contributed by atoms with Crippen molar-refractivity contribution in [2.75, 3.05) is 52.6 Å². The van der Waals surface area contributed by atoms with Gasteiger partial charge in [0, 0.05) is 32.0 Å². The third kappa shape index (κ3) is 5.63. The minimum Gasteiger partial charge on any atom is -0.490 e. The molecular formula is C22H27FN4O5. The molecule has 172 valence electrons. The highest BCUT2D eigenvalue weighted by atomic mass is 19.1. The molecule has 1 aromatic carbocycles. The Balaban J connectivity index is 1.48. The SMILES string of the molecule is O=C(C[C@@]1(COc2ccc(F)cc2)CN(C(=O)Cn2cccn2)CCO1)N1CCOCC1. The lowest BCUT2D eigenvalue weighted by Crippen LogP contribution is -2.59. The predicted molar refractivity (Wildman–Crippen MR) is 111 cm³/mol. The van der Waals surface area contributed by atoms with Crippen molar-refractivity contribution in [3.05, 3.63) is 48.5 Å². The van der Waals surface area contributed by atoms with Crippen LogP contribution in [0.3, 0.4) is 0 Å². The van der Waals surface area contributed by atoms with E-state index in [-0.39, 0.29) is 50.4 Å². The first-order valence-corrected chi connectivity index (χ1v) is 10.7. The van der Waals surface area contributed by atoms with Crippen LogP contribution < -0.4 is 4.74 Å². The monoisotopic (exact) mass is 446 g/mol. The van der Waals surface area contributed by atoms with E-state index in [1.807, 2.05) is 0 Å². The number of nitrogens with zero attached hydrogens (tertiary/aromatic N) is 4. The standard InChI is InChI=1S/C22H27FN4O5/c23-18-2-4-19(5-3-18)31-17-22(14-20(28)25-8-11-30-12-9-25)16-26(10-13-32-22)21(29)15-27-7-1-6-24-27/h1-7H,8-17H2/t22-/m0/s1. The van der Waals surface area contributed by atoms with Crippen LogP contribution in [0.15, 0.2) is 42.7 Å². The summed E-state index contributed by atoms with van der Waals surface area (Å²) in [7, 11) is 0. The van der Waals surface area contributed by atoms with Gasteiger partial charge in [-0.05, 0) is 30.3 Å². The van der Waals surface area contributed by atoms with Gasteiger partial charge in [-0.15, -0.1) is 0 Å². The molecule has 10 heteroatoms. The first-order valence-electron chi connectivity index (χ1n) is 10.7. The number of carbonyl (C=O) groups excluding carboxylic acids is 2. The fourth-order valence-electron chi connectivity index (χ4n) is 3.88. The number of hydrogen-bond acceptors (Lipinski definition) is 6. The molecule has 1 aromatic heterocycles. The van der Waals surface area contributed by atoms with E-state index in [2.05, 4.69) is 5.10 Å². The second-order valence-electron chi connectivity index (χ2n) is 7.96. The zero-order chi connectivity index (χ0) is 22.4. The number of carbonyl (C=O) groups is 2. The van der Waals surface area contributed by atoms with Gasteiger partial charge in [0.2, 0.25) is 11.8 Å². The zero-order valence-corrected chi connectivity index (χ0v) is 17.8. The zero-order valence-electron chi connectivity index (χ0n) is 17.8. The normalized spacial score (nSPS) is 21.4. The van der Waals surface area contributed by atoms with E-state index in [9.17, 15) is 14.0 Å². The molecular weight excluding hydrogens is 419 g/mol. The summed E-state index contributed by atoms with van der Waals surface area (Å²) in [5.74, 6) is -0.0774. The smallest absolute Gasteiger partial charge is 0.244 e. The number of benzene rings is 1. The topological polar surface area (TPSA) is 86.1 Å². The quantitative estimate of drug-likeness (QED) is 0.630. The Kier molecular flexibility index (Phi) is 7.01. The molecule has 0 bridgehead atoms. The molecule has 0 aliphatic carbocycles. The van der Waals surface area contributed by atoms with E-state index in [1.54, 1.807) is 32.9 Å². The Morgan fingerprint density at radius 2 is 1.81 bits per heavy atom. The van der Waals surface area contributed by atoms with E-state index in [4.69, 9.17) is 14.2 Å². The molecule has 0 radical (unpaired) electrons. The first-order chi connectivity index (χ1) is 15.5. The van der Waals surface area contributed by atoms with Gasteiger partial charge >= 0.3 is 0 Å². The van der Waals surface area contributed by atoms with Crippen LogP contribution in [0.25, 0.3) is 0 Å². The van der Waals surface area contributed by atoms with Gasteiger partial charge in [0.25, 0.3) is 0 Å². The highest BCUT2D eigenvalue weighted by Crippen LogP contribution is 2.26. The second-order valence-corrected chi connectivity index (χ2v) is 7.96. The van der Waals surface area contributed by atoms with Gasteiger partial charge < -0.3 is 24.0 Å². The van der Waals surface area contributed by atoms with Crippen LogP contribution in [-0.4, -0.2) is 89.6 Å². The Morgan fingerprint density at radius 1 is 1.06 bits per heavy atom. The number of hydrogen-bond donors (Lipinski definition) is 0. The molecule has 2 fully saturated rings. The van der Waals surface area contributed by atoms with Gasteiger partial charge in [-0.1, -0.05) is 0 Å². The molecule has 32 heavy (non-hydrogen) atoms. The Hall–Kier alpha value is -2.98. The molecule has 0 unspecified atom stereocenters. The maximum absolute atomic E-state index is 13.2. The summed E-state index contributed by atoms with van der Waals surface area (Å²) >= 11 is 0. The third-order valence-corrected chi connectivity index (χ3v) is 5.61. The summed E-state index contributed by atoms with van der Waals surface area (Å²) in [6, 6.07) is 7.42. The maximum atomic E-state index is 13.2. The number of rotatable bonds is 7. The van der Waals surface area contributed by atoms with Crippen LogP contribution in [-0.2, 0) is 25.6 Å². The summed E-state index contributed by atoms with van der Waals surface area (Å²) in [5, 5.41) is 4.09. The van der Waals surface area contributed by atoms with Gasteiger partial charge in [0.1, 0.15) is 30.3 Å². The van der Waals surface area contributed by atoms with Crippen molar-refractivity contribution in [1.29, 1.82) is 0 Å². The number of ether oxygens (including phenoxy) is 3. The third-order valence-electron chi connectivity index (χ3n) is 5.61. The van der Waals surface area contributed by atoms with Gasteiger partial charge in [0.05, 0.1) is 32.8 Å². The molecule has 2 saturated heterocycles. The molecule has 2 aliphatic heterocycles. The summed E-state index contributed by atoms with van der Waals surface area (Å²) in [5.41, 5.74) is -1.01. The van der Waals surface area contributed by atoms with Crippen LogP contribution in [0.1, 0.15) is 6.42 Å². The second kappa shape index (κ2) is 10.1. The minimum atomic E-state index is -1.01. The molecule has 0 saturated carbocycles. The van der Waals surface area contributed by atoms with E-state index < -0.39 is 5.60 Å². The fourth-order valence-corrected chi connectivity index (χ4v) is 3.88. The molecule has 1 atom stereocenters. The fraction of sp³-hybridized carbons (Fsp3) is 0.500. The Labute approximate surface area is 185 Å². The molecule has 2 amide bonds. The minimum absolute atomic E-state index is 0.0558. The van der Waals surface area contributed by atoms with E-state index >= 15 is 0 Å². The van der Waals surface area contributed by atoms with E-state index in [0.717, 1.165) is 0 Å². The lowest BCUT2D eigenvalue weighted by atomic mass is 9.96. The summed E-state index contributed by atoms with van der Waals surface area (Å²) < 4.78 is 32.1. The average Bonchev–Trinajstić information content (AvgIpc) is 3.32. The summed E-state index contributed by atoms with van der Waals surface area (Å²) in [4.78, 5) is 29.3. The van der Waals surface area contributed by atoms with Gasteiger partial charge in [-0.3, -0.25) is 14.3 Å². The molecule has 0 N–H and O–H groups in total. The predicted octanol–water partition coefficient (Wildman–Crippen LogP) is 0.948. The summed E-state index contributed by atoms with van der Waals surface area (Å²) in [6.07, 6.45) is 3.42. The number of aromatic nitrogens is 2. The maximum Gasteiger partial charge on any atom is 0.244 e. The van der Waals surface area contributed by atoms with Crippen LogP contribution in [0, 0.1) is 5.82 Å². The van der Waals surface area contributed by atoms with E-state index in [0.29, 0.717) is 38.6 Å². The number of halogens is 1. The number of amides is 2. The van der Waals surface area contributed by atoms with Crippen LogP contribution in [0.5, 0.6) is 5.75 Å². The van der Waals surface area contributed by atoms with Crippen molar-refractivity contribution in [1.82, 2.24) is 19.6 Å². The van der Waals surface area contributed by atoms with Crippen LogP contribution in [0.4, 0.5) is 4.39 Å². The van der Waals surface area contributed by atoms with Gasteiger partial charge in [-0.25, -0.2) is 4.39 Å². The van der Waals surface area contributed by atoms with Crippen LogP contribution in [0.2, 0.25) is 0 Å². The average molecular weight is 446 g/mol. The lowest BCUT2D eigenvalue weighted by molar-refractivity contribution is -0.167. The van der Waals surface area contributed by atoms with Crippen molar-refractivity contribution < 1.29 is 28.2 Å². The van der Waals surface area contributed by atoms with E-state index in [1.165, 1.54) is 24.3 Å².